The number of hydrazone groups is 1. The second-order valence-electron chi connectivity index (χ2n) is 5.07. The van der Waals surface area contributed by atoms with Gasteiger partial charge in [-0.05, 0) is 5.56 Å². The fourth-order valence-corrected chi connectivity index (χ4v) is 2.50. The Morgan fingerprint density at radius 1 is 1.15 bits per heavy atom. The number of benzene rings is 1. The first kappa shape index (κ1) is 13.3. The smallest absolute Gasteiger partial charge is 0.256 e. The molecule has 0 aliphatic carbocycles. The van der Waals surface area contributed by atoms with Gasteiger partial charge in [0.25, 0.3) is 5.91 Å². The second-order valence-corrected chi connectivity index (χ2v) is 5.07. The van der Waals surface area contributed by atoms with Crippen LogP contribution >= 0.6 is 0 Å². The van der Waals surface area contributed by atoms with E-state index in [1.807, 2.05) is 30.3 Å². The quantitative estimate of drug-likeness (QED) is 0.824. The number of hydrogen-bond acceptors (Lipinski definition) is 4. The third-order valence-electron chi connectivity index (χ3n) is 3.66. The van der Waals surface area contributed by atoms with Crippen LogP contribution < -0.4 is 0 Å². The van der Waals surface area contributed by atoms with Gasteiger partial charge in [-0.15, -0.1) is 0 Å². The highest BCUT2D eigenvalue weighted by molar-refractivity contribution is 6.02. The van der Waals surface area contributed by atoms with Crippen LogP contribution in [-0.4, -0.2) is 60.9 Å². The van der Waals surface area contributed by atoms with Gasteiger partial charge >= 0.3 is 0 Å². The third kappa shape index (κ3) is 3.05. The second kappa shape index (κ2) is 6.15. The number of carbonyl (C=O) groups excluding carboxylic acids is 1. The number of amides is 1. The molecule has 0 spiro atoms. The molecule has 5 heteroatoms. The molecule has 1 aromatic carbocycles. The lowest BCUT2D eigenvalue weighted by atomic mass is 10.1. The Kier molecular flexibility index (Phi) is 4.08. The van der Waals surface area contributed by atoms with Gasteiger partial charge in [-0.1, -0.05) is 30.3 Å². The maximum atomic E-state index is 12.2. The van der Waals surface area contributed by atoms with Crippen LogP contribution in [-0.2, 0) is 9.53 Å². The van der Waals surface area contributed by atoms with Crippen molar-refractivity contribution in [3.63, 3.8) is 0 Å². The van der Waals surface area contributed by atoms with Crippen LogP contribution in [0, 0.1) is 0 Å². The molecule has 2 heterocycles. The van der Waals surface area contributed by atoms with Crippen LogP contribution in [0.5, 0.6) is 0 Å². The summed E-state index contributed by atoms with van der Waals surface area (Å²) in [4.78, 5) is 14.4. The maximum absolute atomic E-state index is 12.2. The minimum atomic E-state index is 0.0813. The van der Waals surface area contributed by atoms with E-state index in [1.54, 1.807) is 5.01 Å². The molecule has 0 unspecified atom stereocenters. The highest BCUT2D eigenvalue weighted by Crippen LogP contribution is 2.14. The van der Waals surface area contributed by atoms with Crippen molar-refractivity contribution < 1.29 is 9.53 Å². The fraction of sp³-hybridized carbons (Fsp3) is 0.467. The summed E-state index contributed by atoms with van der Waals surface area (Å²) in [6.07, 6.45) is 0.832. The standard InChI is InChI=1S/C15H19N3O2/c19-15(12-17-8-10-20-11-9-17)18-7-6-14(16-18)13-4-2-1-3-5-13/h1-5H,6-12H2. The van der Waals surface area contributed by atoms with E-state index in [0.717, 1.165) is 30.8 Å². The molecule has 1 fully saturated rings. The van der Waals surface area contributed by atoms with Gasteiger partial charge in [0.15, 0.2) is 0 Å². The van der Waals surface area contributed by atoms with E-state index in [1.165, 1.54) is 0 Å². The predicted octanol–water partition coefficient (Wildman–Crippen LogP) is 0.955. The molecule has 0 bridgehead atoms. The number of carbonyl (C=O) groups is 1. The zero-order valence-electron chi connectivity index (χ0n) is 11.5. The number of hydrogen-bond donors (Lipinski definition) is 0. The zero-order chi connectivity index (χ0) is 13.8. The predicted molar refractivity (Wildman–Crippen MR) is 76.6 cm³/mol. The van der Waals surface area contributed by atoms with Crippen LogP contribution in [0.3, 0.4) is 0 Å². The van der Waals surface area contributed by atoms with Crippen molar-refractivity contribution in [2.45, 2.75) is 6.42 Å². The van der Waals surface area contributed by atoms with Gasteiger partial charge in [0, 0.05) is 19.5 Å². The Morgan fingerprint density at radius 2 is 1.90 bits per heavy atom. The Bertz CT molecular complexity index is 495. The molecular formula is C15H19N3O2. The van der Waals surface area contributed by atoms with E-state index in [4.69, 9.17) is 4.74 Å². The highest BCUT2D eigenvalue weighted by Gasteiger charge is 2.23. The normalized spacial score (nSPS) is 20.0. The first-order valence-electron chi connectivity index (χ1n) is 7.06. The highest BCUT2D eigenvalue weighted by atomic mass is 16.5. The van der Waals surface area contributed by atoms with Crippen molar-refractivity contribution in [1.82, 2.24) is 9.91 Å². The molecule has 0 aromatic heterocycles. The summed E-state index contributed by atoms with van der Waals surface area (Å²) >= 11 is 0. The maximum Gasteiger partial charge on any atom is 0.256 e. The Labute approximate surface area is 118 Å². The van der Waals surface area contributed by atoms with Crippen molar-refractivity contribution in [3.05, 3.63) is 35.9 Å². The molecule has 0 atom stereocenters. The molecule has 0 radical (unpaired) electrons. The summed E-state index contributed by atoms with van der Waals surface area (Å²) in [5.74, 6) is 0.0813. The van der Waals surface area contributed by atoms with Crippen molar-refractivity contribution in [1.29, 1.82) is 0 Å². The van der Waals surface area contributed by atoms with Crippen molar-refractivity contribution in [2.75, 3.05) is 39.4 Å². The number of rotatable bonds is 3. The molecule has 0 N–H and O–H groups in total. The molecule has 20 heavy (non-hydrogen) atoms. The number of morpholine rings is 1. The summed E-state index contributed by atoms with van der Waals surface area (Å²) < 4.78 is 5.29. The van der Waals surface area contributed by atoms with Crippen LogP contribution in [0.15, 0.2) is 35.4 Å². The van der Waals surface area contributed by atoms with Crippen molar-refractivity contribution in [2.24, 2.45) is 5.10 Å². The topological polar surface area (TPSA) is 45.1 Å². The van der Waals surface area contributed by atoms with E-state index >= 15 is 0 Å². The number of ether oxygens (including phenoxy) is 1. The molecule has 106 valence electrons. The molecule has 5 nitrogen and oxygen atoms in total. The molecule has 3 rings (SSSR count). The molecule has 1 saturated heterocycles. The summed E-state index contributed by atoms with van der Waals surface area (Å²) in [5, 5.41) is 6.08. The van der Waals surface area contributed by atoms with Crippen LogP contribution in [0.25, 0.3) is 0 Å². The lowest BCUT2D eigenvalue weighted by Gasteiger charge is -2.26. The van der Waals surface area contributed by atoms with Crippen LogP contribution in [0.4, 0.5) is 0 Å². The summed E-state index contributed by atoms with van der Waals surface area (Å²) in [7, 11) is 0. The van der Waals surface area contributed by atoms with E-state index in [2.05, 4.69) is 10.0 Å². The molecule has 2 aliphatic rings. The Morgan fingerprint density at radius 3 is 2.65 bits per heavy atom. The molecule has 0 saturated carbocycles. The monoisotopic (exact) mass is 273 g/mol. The largest absolute Gasteiger partial charge is 0.379 e. The van der Waals surface area contributed by atoms with E-state index in [0.29, 0.717) is 26.3 Å². The van der Waals surface area contributed by atoms with Gasteiger partial charge in [-0.2, -0.15) is 5.10 Å². The lowest BCUT2D eigenvalue weighted by molar-refractivity contribution is -0.132. The average molecular weight is 273 g/mol. The van der Waals surface area contributed by atoms with Gasteiger partial charge in [0.05, 0.1) is 32.0 Å². The molecule has 1 amide bonds. The Balaban J connectivity index is 1.61. The van der Waals surface area contributed by atoms with E-state index in [9.17, 15) is 4.79 Å². The average Bonchev–Trinajstić information content (AvgIpc) is 2.99. The van der Waals surface area contributed by atoms with Crippen LogP contribution in [0.1, 0.15) is 12.0 Å². The Hall–Kier alpha value is -1.72. The first-order valence-corrected chi connectivity index (χ1v) is 7.06. The third-order valence-corrected chi connectivity index (χ3v) is 3.66. The van der Waals surface area contributed by atoms with Gasteiger partial charge in [-0.3, -0.25) is 9.69 Å². The molecule has 1 aromatic rings. The van der Waals surface area contributed by atoms with Gasteiger partial charge in [0.2, 0.25) is 0 Å². The van der Waals surface area contributed by atoms with Crippen molar-refractivity contribution in [3.8, 4) is 0 Å². The van der Waals surface area contributed by atoms with E-state index < -0.39 is 0 Å². The van der Waals surface area contributed by atoms with Crippen LogP contribution in [0.2, 0.25) is 0 Å². The molecular weight excluding hydrogens is 254 g/mol. The summed E-state index contributed by atoms with van der Waals surface area (Å²) in [6.45, 7) is 4.21. The SMILES string of the molecule is O=C(CN1CCOCC1)N1CCC(c2ccccc2)=N1. The summed E-state index contributed by atoms with van der Waals surface area (Å²) in [6, 6.07) is 10.1. The van der Waals surface area contributed by atoms with Gasteiger partial charge < -0.3 is 4.74 Å². The summed E-state index contributed by atoms with van der Waals surface area (Å²) in [5.41, 5.74) is 2.11. The van der Waals surface area contributed by atoms with Gasteiger partial charge in [-0.25, -0.2) is 5.01 Å². The van der Waals surface area contributed by atoms with Gasteiger partial charge in [0.1, 0.15) is 0 Å². The minimum absolute atomic E-state index is 0.0813. The van der Waals surface area contributed by atoms with E-state index in [-0.39, 0.29) is 5.91 Å². The fourth-order valence-electron chi connectivity index (χ4n) is 2.50. The zero-order valence-corrected chi connectivity index (χ0v) is 11.5. The first-order chi connectivity index (χ1) is 9.83. The molecule has 2 aliphatic heterocycles. The van der Waals surface area contributed by atoms with Crippen molar-refractivity contribution >= 4 is 11.6 Å². The number of nitrogens with zero attached hydrogens (tertiary/aromatic N) is 3. The minimum Gasteiger partial charge on any atom is -0.379 e. The lowest BCUT2D eigenvalue weighted by Crippen LogP contribution is -2.43.